The normalized spacial score (nSPS) is 19.0. The number of benzene rings is 2. The molecule has 2 heterocycles. The van der Waals surface area contributed by atoms with E-state index in [1.807, 2.05) is 80.3 Å². The Bertz CT molecular complexity index is 1730. The number of nitrogens with zero attached hydrogens (tertiary/aromatic N) is 2. The van der Waals surface area contributed by atoms with E-state index in [-0.39, 0.29) is 23.0 Å². The third-order valence-corrected chi connectivity index (χ3v) is 9.86. The molecule has 0 bridgehead atoms. The van der Waals surface area contributed by atoms with Crippen molar-refractivity contribution >= 4 is 34.8 Å². The average molecular weight is 626 g/mol. The Morgan fingerprint density at radius 1 is 0.930 bits per heavy atom. The largest absolute Gasteiger partial charge is 0.343 e. The monoisotopic (exact) mass is 625 g/mol. The maximum atomic E-state index is 11.8. The van der Waals surface area contributed by atoms with Gasteiger partial charge in [-0.05, 0) is 50.6 Å². The predicted octanol–water partition coefficient (Wildman–Crippen LogP) is 6.56. The fraction of sp³-hybridized carbons (Fsp3) is 0.364. The Hall–Kier alpha value is -3.07. The van der Waals surface area contributed by atoms with Gasteiger partial charge in [0.05, 0.1) is 16.5 Å². The summed E-state index contributed by atoms with van der Waals surface area (Å²) in [5.74, 6) is 0. The van der Waals surface area contributed by atoms with Gasteiger partial charge in [-0.1, -0.05) is 68.8 Å². The fourth-order valence-electron chi connectivity index (χ4n) is 6.03. The number of hydrogen-bond acceptors (Lipinski definition) is 4. The van der Waals surface area contributed by atoms with E-state index in [0.29, 0.717) is 0 Å². The van der Waals surface area contributed by atoms with Crippen LogP contribution in [0.4, 0.5) is 11.4 Å². The van der Waals surface area contributed by atoms with E-state index in [0.717, 1.165) is 52.4 Å². The molecule has 10 heteroatoms. The lowest BCUT2D eigenvalue weighted by molar-refractivity contribution is -0.437. The zero-order valence-electron chi connectivity index (χ0n) is 25.7. The van der Waals surface area contributed by atoms with Crippen molar-refractivity contribution < 1.29 is 31.9 Å². The molecule has 2 aliphatic heterocycles. The van der Waals surface area contributed by atoms with Gasteiger partial charge in [-0.25, -0.2) is 0 Å². The highest BCUT2D eigenvalue weighted by molar-refractivity contribution is 7.85. The average Bonchev–Trinajstić information content (AvgIpc) is 3.24. The van der Waals surface area contributed by atoms with Crippen LogP contribution >= 0.6 is 7.60 Å². The predicted molar refractivity (Wildman–Crippen MR) is 173 cm³/mol. The van der Waals surface area contributed by atoms with E-state index in [1.54, 1.807) is 12.1 Å². The first-order valence-corrected chi connectivity index (χ1v) is 17.6. The molecule has 0 saturated heterocycles. The van der Waals surface area contributed by atoms with Gasteiger partial charge in [0.25, 0.3) is 10.1 Å². The minimum absolute atomic E-state index is 0.107. The van der Waals surface area contributed by atoms with Crippen LogP contribution in [0.15, 0.2) is 89.5 Å². The van der Waals surface area contributed by atoms with Crippen molar-refractivity contribution in [2.75, 3.05) is 24.2 Å². The van der Waals surface area contributed by atoms with Crippen LogP contribution in [-0.2, 0) is 25.5 Å². The molecule has 43 heavy (non-hydrogen) atoms. The summed E-state index contributed by atoms with van der Waals surface area (Å²) in [6, 6.07) is 10.9. The van der Waals surface area contributed by atoms with Gasteiger partial charge in [-0.3, -0.25) is 9.12 Å². The number of rotatable bonds is 10. The van der Waals surface area contributed by atoms with Crippen molar-refractivity contribution in [1.82, 2.24) is 0 Å². The summed E-state index contributed by atoms with van der Waals surface area (Å²) in [7, 11) is -8.46. The van der Waals surface area contributed by atoms with Crippen LogP contribution in [0.5, 0.6) is 0 Å². The lowest BCUT2D eigenvalue weighted by atomic mass is 9.81. The minimum Gasteiger partial charge on any atom is -0.343 e. The molecule has 2 aliphatic rings. The Morgan fingerprint density at radius 3 is 2.26 bits per heavy atom. The highest BCUT2D eigenvalue weighted by atomic mass is 32.2. The minimum atomic E-state index is -4.30. The number of hydrogen-bond donors (Lipinski definition) is 3. The van der Waals surface area contributed by atoms with Gasteiger partial charge < -0.3 is 14.7 Å². The standard InChI is InChI=1S/C33H41N2O6PS/c1-7-19-34-29-18-16-25(43(39,40)41)23-27(29)33(5,6)30(34)13-11-9-8-10-12-14-31-32(3,4)26-22-24(2)15-17-28(26)35(31)20-21-42(36,37)38/h8-18,22-23H,7,19-21H2,1-6H3,(H2-,36,37,38,39,40,41)/p+1. The number of anilines is 1. The number of allylic oxidation sites excluding steroid dienone is 8. The Labute approximate surface area is 255 Å². The molecule has 0 aliphatic carbocycles. The third kappa shape index (κ3) is 6.87. The van der Waals surface area contributed by atoms with Crippen LogP contribution in [-0.4, -0.2) is 52.3 Å². The molecule has 230 valence electrons. The summed E-state index contributed by atoms with van der Waals surface area (Å²) in [6.07, 6.45) is 14.4. The van der Waals surface area contributed by atoms with Gasteiger partial charge in [-0.2, -0.15) is 13.0 Å². The summed E-state index contributed by atoms with van der Waals surface area (Å²) in [5.41, 5.74) is 6.24. The summed E-state index contributed by atoms with van der Waals surface area (Å²) in [4.78, 5) is 21.0. The molecule has 8 nitrogen and oxygen atoms in total. The van der Waals surface area contributed by atoms with Crippen molar-refractivity contribution in [2.45, 2.75) is 63.7 Å². The Morgan fingerprint density at radius 2 is 1.60 bits per heavy atom. The van der Waals surface area contributed by atoms with Gasteiger partial charge in [0.2, 0.25) is 5.69 Å². The van der Waals surface area contributed by atoms with Crippen molar-refractivity contribution in [3.05, 3.63) is 101 Å². The van der Waals surface area contributed by atoms with Gasteiger partial charge >= 0.3 is 7.60 Å². The molecule has 0 saturated carbocycles. The molecule has 2 aromatic carbocycles. The fourth-order valence-corrected chi connectivity index (χ4v) is 6.99. The van der Waals surface area contributed by atoms with Crippen molar-refractivity contribution in [2.24, 2.45) is 0 Å². The SMILES string of the molecule is CCC[N+]1=C(/C=C/C=C/C=C/C=C2/N(CCP(=O)(O)O)c3ccc(C)cc3C2(C)C)C(C)(C)c2cc(S(=O)(=O)O)ccc21. The molecule has 0 atom stereocenters. The topological polar surface area (TPSA) is 118 Å². The molecule has 0 spiro atoms. The van der Waals surface area contributed by atoms with Crippen LogP contribution in [0, 0.1) is 6.92 Å². The van der Waals surface area contributed by atoms with Crippen LogP contribution < -0.4 is 4.90 Å². The summed E-state index contributed by atoms with van der Waals surface area (Å²) < 4.78 is 47.0. The van der Waals surface area contributed by atoms with E-state index in [9.17, 15) is 27.3 Å². The highest BCUT2D eigenvalue weighted by Gasteiger charge is 2.44. The van der Waals surface area contributed by atoms with E-state index in [2.05, 4.69) is 31.4 Å². The van der Waals surface area contributed by atoms with Crippen LogP contribution in [0.2, 0.25) is 0 Å². The molecule has 0 radical (unpaired) electrons. The summed E-state index contributed by atoms with van der Waals surface area (Å²) >= 11 is 0. The first-order valence-electron chi connectivity index (χ1n) is 14.4. The summed E-state index contributed by atoms with van der Waals surface area (Å²) in [5, 5.41) is 0. The van der Waals surface area contributed by atoms with Crippen molar-refractivity contribution in [1.29, 1.82) is 0 Å². The van der Waals surface area contributed by atoms with E-state index < -0.39 is 23.1 Å². The molecule has 0 unspecified atom stereocenters. The van der Waals surface area contributed by atoms with Crippen LogP contribution in [0.25, 0.3) is 0 Å². The van der Waals surface area contributed by atoms with Crippen LogP contribution in [0.3, 0.4) is 0 Å². The Balaban J connectivity index is 1.57. The number of fused-ring (bicyclic) bond motifs is 2. The highest BCUT2D eigenvalue weighted by Crippen LogP contribution is 2.49. The summed E-state index contributed by atoms with van der Waals surface area (Å²) in [6.45, 7) is 13.5. The smallest absolute Gasteiger partial charge is 0.327 e. The molecule has 2 aromatic rings. The Kier molecular flexibility index (Phi) is 9.27. The second-order valence-corrected chi connectivity index (χ2v) is 15.4. The first kappa shape index (κ1) is 32.8. The maximum absolute atomic E-state index is 11.8. The lowest BCUT2D eigenvalue weighted by Crippen LogP contribution is -2.28. The maximum Gasteiger partial charge on any atom is 0.327 e. The van der Waals surface area contributed by atoms with Gasteiger partial charge in [0.15, 0.2) is 5.71 Å². The zero-order valence-corrected chi connectivity index (χ0v) is 27.4. The lowest BCUT2D eigenvalue weighted by Gasteiger charge is -2.27. The van der Waals surface area contributed by atoms with Gasteiger partial charge in [-0.15, -0.1) is 0 Å². The van der Waals surface area contributed by atoms with Crippen molar-refractivity contribution in [3.8, 4) is 0 Å². The van der Waals surface area contributed by atoms with E-state index >= 15 is 0 Å². The molecular weight excluding hydrogens is 583 g/mol. The molecule has 0 amide bonds. The molecular formula is C33H42N2O6PS+. The first-order chi connectivity index (χ1) is 20.0. The van der Waals surface area contributed by atoms with Crippen LogP contribution in [0.1, 0.15) is 57.7 Å². The number of aryl methyl sites for hydroxylation is 1. The zero-order chi connectivity index (χ0) is 31.8. The molecule has 0 aromatic heterocycles. The van der Waals surface area contributed by atoms with E-state index in [1.165, 1.54) is 6.07 Å². The quantitative estimate of drug-likeness (QED) is 0.119. The second-order valence-electron chi connectivity index (χ2n) is 12.2. The van der Waals surface area contributed by atoms with E-state index in [4.69, 9.17) is 0 Å². The van der Waals surface area contributed by atoms with Gasteiger partial charge in [0, 0.05) is 47.5 Å². The third-order valence-electron chi connectivity index (χ3n) is 8.22. The van der Waals surface area contributed by atoms with Gasteiger partial charge in [0.1, 0.15) is 6.54 Å². The van der Waals surface area contributed by atoms with Crippen molar-refractivity contribution in [3.63, 3.8) is 0 Å². The second kappa shape index (κ2) is 12.1. The molecule has 4 rings (SSSR count). The molecule has 3 N–H and O–H groups in total. The molecule has 0 fully saturated rings.